The Hall–Kier alpha value is -1.48. The number of hydrogen-bond donors (Lipinski definition) is 3. The van der Waals surface area contributed by atoms with Crippen LogP contribution in [-0.2, 0) is 6.42 Å². The largest absolute Gasteiger partial charge is 0.535 e. The molecule has 0 saturated heterocycles. The molecule has 1 aromatic rings. The number of quaternary nitrogens is 3. The third-order valence-corrected chi connectivity index (χ3v) is 5.76. The Morgan fingerprint density at radius 3 is 1.28 bits per heavy atom. The van der Waals surface area contributed by atoms with E-state index in [0.717, 1.165) is 19.8 Å². The van der Waals surface area contributed by atoms with E-state index in [-0.39, 0.29) is 18.8 Å². The fourth-order valence-electron chi connectivity index (χ4n) is 3.15. The molecule has 39 heavy (non-hydrogen) atoms. The minimum Gasteiger partial charge on any atom is -0.449 e. The molecule has 232 valence electrons. The van der Waals surface area contributed by atoms with E-state index in [9.17, 15) is 51.8 Å². The van der Waals surface area contributed by atoms with E-state index < -0.39 is 51.6 Å². The Kier molecular flexibility index (Phi) is 17.7. The first-order chi connectivity index (χ1) is 17.4. The molecule has 9 N–H and O–H groups in total. The van der Waals surface area contributed by atoms with Gasteiger partial charge < -0.3 is 69.0 Å². The van der Waals surface area contributed by atoms with Gasteiger partial charge in [-0.1, -0.05) is 75.7 Å². The molecule has 0 aromatic heterocycles. The van der Waals surface area contributed by atoms with Gasteiger partial charge in [-0.2, -0.15) is 0 Å². The minimum atomic E-state index is -4.81. The highest BCUT2D eigenvalue weighted by atomic mass is 19.3. The first kappa shape index (κ1) is 39.7. The molecular weight excluding hydrogens is 549 g/mol. The molecule has 1 saturated carbocycles. The molecule has 3 nitrogen and oxygen atoms in total. The topological polar surface area (TPSA) is 82.9 Å². The summed E-state index contributed by atoms with van der Waals surface area (Å²) < 4.78 is 141. The molecule has 0 aliphatic heterocycles. The van der Waals surface area contributed by atoms with Gasteiger partial charge in [0.15, 0.2) is 0 Å². The molecule has 0 radical (unpaired) electrons. The lowest BCUT2D eigenvalue weighted by Gasteiger charge is -2.20. The Morgan fingerprint density at radius 1 is 0.667 bits per heavy atom. The van der Waals surface area contributed by atoms with Crippen LogP contribution in [0.3, 0.4) is 0 Å². The van der Waals surface area contributed by atoms with Gasteiger partial charge >= 0.3 is 27.9 Å². The Labute approximate surface area is 222 Å². The predicted octanol–water partition coefficient (Wildman–Crippen LogP) is 5.04. The summed E-state index contributed by atoms with van der Waals surface area (Å²) in [7, 11) is 0. The Balaban J connectivity index is 0. The van der Waals surface area contributed by atoms with Crippen molar-refractivity contribution in [3.8, 4) is 0 Å². The molecule has 3 atom stereocenters. The fourth-order valence-corrected chi connectivity index (χ4v) is 3.15. The van der Waals surface area contributed by atoms with Gasteiger partial charge in [0.2, 0.25) is 0 Å². The van der Waals surface area contributed by atoms with Crippen molar-refractivity contribution < 1.29 is 69.0 Å². The first-order valence-electron chi connectivity index (χ1n) is 12.7. The average Bonchev–Trinajstić information content (AvgIpc) is 3.29. The molecule has 0 spiro atoms. The van der Waals surface area contributed by atoms with Crippen molar-refractivity contribution >= 4 is 27.9 Å². The number of benzene rings is 1. The van der Waals surface area contributed by atoms with Crippen molar-refractivity contribution in [3.05, 3.63) is 35.9 Å². The highest BCUT2D eigenvalue weighted by molar-refractivity contribution is 6.60. The average molecular weight is 590 g/mol. The maximum absolute atomic E-state index is 12.1. The van der Waals surface area contributed by atoms with E-state index in [4.69, 9.17) is 0 Å². The standard InChI is InChI=1S/C8H10BF3N.C5H12BF3N.C5H9BF3.C2H6BF3N/c10-9(11,12)8(13)6-7-4-2-1-3-5-7;1-4(2)3-5(10)6(7,8)9;7-6(8,9)5-3-1-2-4-5;1-2(7)3(4,5)6/h1-5,8H,6,13H2;4-5H,3,10H2,1-2H3;5H,1-4H2;2H,7H2,1H3/q4*-1/p+3/t8-;5-;;2-/m00.0/s1/i10-1;2*7-1;4-1. The molecule has 2 rings (SSSR count). The molecule has 0 amide bonds. The van der Waals surface area contributed by atoms with Gasteiger partial charge in [-0.15, -0.1) is 0 Å². The van der Waals surface area contributed by atoms with Crippen molar-refractivity contribution in [3.63, 3.8) is 0 Å². The lowest BCUT2D eigenvalue weighted by atomic mass is 9.71. The van der Waals surface area contributed by atoms with Crippen LogP contribution < -0.4 is 17.2 Å². The second-order valence-corrected chi connectivity index (χ2v) is 10.4. The number of halogens is 12. The Morgan fingerprint density at radius 2 is 1.05 bits per heavy atom. The summed E-state index contributed by atoms with van der Waals surface area (Å²) >= 11 is 0. The van der Waals surface area contributed by atoms with Gasteiger partial charge in [-0.05, 0) is 31.2 Å². The summed E-state index contributed by atoms with van der Waals surface area (Å²) in [6, 6.07) is 8.59. The highest BCUT2D eigenvalue weighted by Gasteiger charge is 2.37. The zero-order chi connectivity index (χ0) is 31.2. The second-order valence-electron chi connectivity index (χ2n) is 10.4. The van der Waals surface area contributed by atoms with E-state index in [0.29, 0.717) is 18.4 Å². The zero-order valence-electron chi connectivity index (χ0n) is 22.5. The summed E-state index contributed by atoms with van der Waals surface area (Å²) in [6.07, 6.45) is 2.42. The van der Waals surface area contributed by atoms with Crippen molar-refractivity contribution in [2.75, 3.05) is 0 Å². The third kappa shape index (κ3) is 21.0. The smallest absolute Gasteiger partial charge is 0.449 e. The van der Waals surface area contributed by atoms with E-state index in [1.165, 1.54) is 0 Å². The van der Waals surface area contributed by atoms with E-state index in [1.807, 2.05) is 0 Å². The molecule has 19 heteroatoms. The van der Waals surface area contributed by atoms with Gasteiger partial charge in [0.05, 0.1) is 17.8 Å². The zero-order valence-corrected chi connectivity index (χ0v) is 22.5. The normalized spacial score (nSPS) is 17.1. The number of rotatable bonds is 8. The van der Waals surface area contributed by atoms with E-state index in [1.54, 1.807) is 44.2 Å². The summed E-state index contributed by atoms with van der Waals surface area (Å²) in [5.41, 5.74) is 9.65. The van der Waals surface area contributed by atoms with Gasteiger partial charge in [0.1, 0.15) is 0 Å². The van der Waals surface area contributed by atoms with Crippen molar-refractivity contribution in [2.24, 2.45) is 5.92 Å². The summed E-state index contributed by atoms with van der Waals surface area (Å²) in [6.45, 7) is -14.1. The quantitative estimate of drug-likeness (QED) is 0.281. The third-order valence-electron chi connectivity index (χ3n) is 5.76. The molecule has 1 aromatic carbocycles. The van der Waals surface area contributed by atoms with Crippen LogP contribution in [0.4, 0.5) is 51.8 Å². The lowest BCUT2D eigenvalue weighted by Crippen LogP contribution is -2.71. The lowest BCUT2D eigenvalue weighted by molar-refractivity contribution is -0.402. The van der Waals surface area contributed by atoms with Crippen LogP contribution in [-0.4, -0.2) is 45.7 Å². The van der Waals surface area contributed by atoms with Gasteiger partial charge in [-0.25, -0.2) is 0 Å². The summed E-state index contributed by atoms with van der Waals surface area (Å²) in [5, 5.41) is 0. The number of hydrogen-bond acceptors (Lipinski definition) is 0. The first-order valence-corrected chi connectivity index (χ1v) is 12.7. The highest BCUT2D eigenvalue weighted by Crippen LogP contribution is 2.40. The van der Waals surface area contributed by atoms with Crippen molar-refractivity contribution in [1.82, 2.24) is 0 Å². The molecule has 0 bridgehead atoms. The van der Waals surface area contributed by atoms with Crippen molar-refractivity contribution in [1.29, 1.82) is 0 Å². The molecule has 0 heterocycles. The molecular formula is C20H40B4F12N3-. The van der Waals surface area contributed by atoms with E-state index in [2.05, 4.69) is 17.2 Å². The molecule has 1 aliphatic carbocycles. The molecule has 0 unspecified atom stereocenters. The maximum atomic E-state index is 12.1. The van der Waals surface area contributed by atoms with Crippen LogP contribution in [0.15, 0.2) is 30.3 Å². The van der Waals surface area contributed by atoms with Crippen LogP contribution in [0.5, 0.6) is 0 Å². The predicted molar refractivity (Wildman–Crippen MR) is 134 cm³/mol. The minimum absolute atomic E-state index is 0.0235. The van der Waals surface area contributed by atoms with Crippen molar-refractivity contribution in [2.45, 2.75) is 82.9 Å². The maximum Gasteiger partial charge on any atom is 0.535 e. The monoisotopic (exact) mass is 590 g/mol. The second kappa shape index (κ2) is 17.4. The summed E-state index contributed by atoms with van der Waals surface area (Å²) in [5.74, 6) is -5.04. The van der Waals surface area contributed by atoms with Crippen LogP contribution in [0, 0.1) is 5.92 Å². The van der Waals surface area contributed by atoms with Crippen LogP contribution in [0.2, 0.25) is 5.82 Å². The Bertz CT molecular complexity index is 752. The van der Waals surface area contributed by atoms with Crippen LogP contribution in [0.1, 0.15) is 58.4 Å². The SMILES string of the molecule is CC(C)C[C@H]([NH3+])[B-](F)(F)[18F].C[C@H]([NH3+])[B-](F)(F)[18F].F[B-](F)([18F])C1CCCC1.[NH3+][C@@H](Cc1ccccc1)[B-](F)(F)[18F]. The molecule has 1 aliphatic rings. The fraction of sp³-hybridized carbons (Fsp3) is 0.700. The van der Waals surface area contributed by atoms with Crippen LogP contribution in [0.25, 0.3) is 0 Å². The van der Waals surface area contributed by atoms with Crippen LogP contribution >= 0.6 is 0 Å². The molecule has 1 fully saturated rings. The van der Waals surface area contributed by atoms with Gasteiger partial charge in [-0.3, -0.25) is 0 Å². The summed E-state index contributed by atoms with van der Waals surface area (Å²) in [4.78, 5) is 0. The van der Waals surface area contributed by atoms with Gasteiger partial charge in [0.25, 0.3) is 0 Å². The van der Waals surface area contributed by atoms with E-state index >= 15 is 0 Å². The van der Waals surface area contributed by atoms with Gasteiger partial charge in [0, 0.05) is 0 Å².